The maximum absolute atomic E-state index is 13.2. The third-order valence-electron chi connectivity index (χ3n) is 1.81. The van der Waals surface area contributed by atoms with Gasteiger partial charge in [0.05, 0.1) is 4.90 Å². The molecule has 0 unspecified atom stereocenters. The first-order valence-corrected chi connectivity index (χ1v) is 5.73. The molecule has 0 atom stereocenters. The van der Waals surface area contributed by atoms with Crippen LogP contribution in [0.25, 0.3) is 10.1 Å². The Morgan fingerprint density at radius 2 is 2.15 bits per heavy atom. The minimum Gasteiger partial charge on any atom is -0.204 e. The van der Waals surface area contributed by atoms with E-state index in [1.54, 1.807) is 6.26 Å². The summed E-state index contributed by atoms with van der Waals surface area (Å²) in [6, 6.07) is 3.06. The molecular formula is C9H6F2S2. The third kappa shape index (κ3) is 1.34. The minimum atomic E-state index is -0.765. The predicted molar refractivity (Wildman–Crippen MR) is 53.5 cm³/mol. The van der Waals surface area contributed by atoms with Gasteiger partial charge in [0.1, 0.15) is 0 Å². The van der Waals surface area contributed by atoms with Crippen molar-refractivity contribution in [3.63, 3.8) is 0 Å². The van der Waals surface area contributed by atoms with Crippen LogP contribution in [0.5, 0.6) is 0 Å². The summed E-state index contributed by atoms with van der Waals surface area (Å²) in [5.41, 5.74) is 0. The Hall–Kier alpha value is -0.610. The molecule has 0 saturated heterocycles. The molecule has 0 saturated carbocycles. The summed E-state index contributed by atoms with van der Waals surface area (Å²) in [5, 5.41) is 2.64. The predicted octanol–water partition coefficient (Wildman–Crippen LogP) is 3.90. The second-order valence-electron chi connectivity index (χ2n) is 2.54. The zero-order valence-corrected chi connectivity index (χ0v) is 8.44. The summed E-state index contributed by atoms with van der Waals surface area (Å²) in [5.74, 6) is -1.50. The van der Waals surface area contributed by atoms with Gasteiger partial charge in [0, 0.05) is 10.1 Å². The van der Waals surface area contributed by atoms with E-state index in [0.717, 1.165) is 10.1 Å². The number of benzene rings is 1. The highest BCUT2D eigenvalue weighted by molar-refractivity contribution is 7.98. The Labute approximate surface area is 82.6 Å². The number of rotatable bonds is 1. The van der Waals surface area contributed by atoms with Gasteiger partial charge in [-0.1, -0.05) is 0 Å². The smallest absolute Gasteiger partial charge is 0.173 e. The van der Waals surface area contributed by atoms with E-state index in [-0.39, 0.29) is 0 Å². The fourth-order valence-corrected chi connectivity index (χ4v) is 2.78. The summed E-state index contributed by atoms with van der Waals surface area (Å²) in [6.07, 6.45) is 1.74. The Bertz CT molecular complexity index is 448. The summed E-state index contributed by atoms with van der Waals surface area (Å²) >= 11 is 2.66. The zero-order chi connectivity index (χ0) is 9.42. The number of hydrogen-bond acceptors (Lipinski definition) is 2. The van der Waals surface area contributed by atoms with Gasteiger partial charge in [-0.2, -0.15) is 0 Å². The molecule has 13 heavy (non-hydrogen) atoms. The average Bonchev–Trinajstić information content (AvgIpc) is 2.54. The number of thioether (sulfide) groups is 1. The summed E-state index contributed by atoms with van der Waals surface area (Å²) < 4.78 is 27.0. The topological polar surface area (TPSA) is 0 Å². The van der Waals surface area contributed by atoms with E-state index < -0.39 is 11.6 Å². The summed E-state index contributed by atoms with van der Waals surface area (Å²) in [6.45, 7) is 0. The van der Waals surface area contributed by atoms with E-state index in [1.165, 1.54) is 29.2 Å². The maximum Gasteiger partial charge on any atom is 0.173 e. The van der Waals surface area contributed by atoms with Crippen LogP contribution in [0.1, 0.15) is 0 Å². The number of fused-ring (bicyclic) bond motifs is 1. The lowest BCUT2D eigenvalue weighted by Gasteiger charge is -2.01. The Kier molecular flexibility index (Phi) is 2.26. The van der Waals surface area contributed by atoms with Crippen molar-refractivity contribution in [1.82, 2.24) is 0 Å². The van der Waals surface area contributed by atoms with Crippen molar-refractivity contribution in [3.8, 4) is 0 Å². The van der Waals surface area contributed by atoms with E-state index in [2.05, 4.69) is 0 Å². The molecule has 0 aliphatic rings. The molecule has 0 bridgehead atoms. The first-order chi connectivity index (χ1) is 6.24. The van der Waals surface area contributed by atoms with Crippen LogP contribution >= 0.6 is 23.1 Å². The number of hydrogen-bond donors (Lipinski definition) is 0. The lowest BCUT2D eigenvalue weighted by atomic mass is 10.2. The molecular weight excluding hydrogens is 210 g/mol. The second kappa shape index (κ2) is 3.27. The van der Waals surface area contributed by atoms with Crippen molar-refractivity contribution >= 4 is 33.2 Å². The lowest BCUT2D eigenvalue weighted by molar-refractivity contribution is 0.495. The van der Waals surface area contributed by atoms with Gasteiger partial charge in [0.25, 0.3) is 0 Å². The largest absolute Gasteiger partial charge is 0.204 e. The lowest BCUT2D eigenvalue weighted by Crippen LogP contribution is -1.87. The molecule has 4 heteroatoms. The van der Waals surface area contributed by atoms with Crippen LogP contribution < -0.4 is 0 Å². The van der Waals surface area contributed by atoms with Crippen LogP contribution in [0.15, 0.2) is 22.4 Å². The molecule has 1 aromatic carbocycles. The summed E-state index contributed by atoms with van der Waals surface area (Å²) in [4.78, 5) is 0.399. The molecule has 0 aliphatic heterocycles. The van der Waals surface area contributed by atoms with Gasteiger partial charge in [-0.3, -0.25) is 0 Å². The monoisotopic (exact) mass is 216 g/mol. The van der Waals surface area contributed by atoms with Crippen molar-refractivity contribution < 1.29 is 8.78 Å². The van der Waals surface area contributed by atoms with Crippen molar-refractivity contribution in [2.24, 2.45) is 0 Å². The highest BCUT2D eigenvalue weighted by Gasteiger charge is 2.12. The van der Waals surface area contributed by atoms with Crippen molar-refractivity contribution in [2.45, 2.75) is 4.90 Å². The van der Waals surface area contributed by atoms with Gasteiger partial charge in [-0.25, -0.2) is 8.78 Å². The highest BCUT2D eigenvalue weighted by Crippen LogP contribution is 2.33. The normalized spacial score (nSPS) is 11.0. The van der Waals surface area contributed by atoms with Crippen LogP contribution in [0.2, 0.25) is 0 Å². The molecule has 2 rings (SSSR count). The molecule has 0 aliphatic carbocycles. The summed E-state index contributed by atoms with van der Waals surface area (Å²) in [7, 11) is 0. The Balaban J connectivity index is 2.87. The molecule has 0 radical (unpaired) electrons. The van der Waals surface area contributed by atoms with Crippen LogP contribution in [-0.2, 0) is 0 Å². The van der Waals surface area contributed by atoms with Crippen LogP contribution in [-0.4, -0.2) is 6.26 Å². The minimum absolute atomic E-state index is 0.399. The van der Waals surface area contributed by atoms with E-state index in [9.17, 15) is 8.78 Å². The SMILES string of the molecule is CSc1c(F)c(F)cc2sccc12. The van der Waals surface area contributed by atoms with E-state index in [1.807, 2.05) is 11.4 Å². The first-order valence-electron chi connectivity index (χ1n) is 3.63. The quantitative estimate of drug-likeness (QED) is 0.651. The molecule has 2 aromatic rings. The van der Waals surface area contributed by atoms with Crippen LogP contribution in [0, 0.1) is 11.6 Å². The van der Waals surface area contributed by atoms with E-state index in [4.69, 9.17) is 0 Å². The van der Waals surface area contributed by atoms with Crippen molar-refractivity contribution in [2.75, 3.05) is 6.26 Å². The maximum atomic E-state index is 13.2. The molecule has 68 valence electrons. The van der Waals surface area contributed by atoms with E-state index in [0.29, 0.717) is 4.90 Å². The second-order valence-corrected chi connectivity index (χ2v) is 4.30. The van der Waals surface area contributed by atoms with Gasteiger partial charge in [-0.05, 0) is 23.8 Å². The first kappa shape index (κ1) is 8.97. The zero-order valence-electron chi connectivity index (χ0n) is 6.80. The van der Waals surface area contributed by atoms with Gasteiger partial charge in [0.2, 0.25) is 0 Å². The number of halogens is 2. The molecule has 0 N–H and O–H groups in total. The molecule has 1 heterocycles. The molecule has 1 aromatic heterocycles. The third-order valence-corrected chi connectivity index (χ3v) is 3.48. The Morgan fingerprint density at radius 1 is 1.38 bits per heavy atom. The Morgan fingerprint density at radius 3 is 2.85 bits per heavy atom. The average molecular weight is 216 g/mol. The highest BCUT2D eigenvalue weighted by atomic mass is 32.2. The molecule has 0 nitrogen and oxygen atoms in total. The van der Waals surface area contributed by atoms with Crippen molar-refractivity contribution in [3.05, 3.63) is 29.1 Å². The van der Waals surface area contributed by atoms with E-state index >= 15 is 0 Å². The van der Waals surface area contributed by atoms with Crippen LogP contribution in [0.4, 0.5) is 8.78 Å². The van der Waals surface area contributed by atoms with Crippen molar-refractivity contribution in [1.29, 1.82) is 0 Å². The van der Waals surface area contributed by atoms with Crippen LogP contribution in [0.3, 0.4) is 0 Å². The van der Waals surface area contributed by atoms with Gasteiger partial charge in [0.15, 0.2) is 11.6 Å². The number of thiophene rings is 1. The standard InChI is InChI=1S/C9H6F2S2/c1-12-9-5-2-3-13-7(5)4-6(10)8(9)11/h2-4H,1H3. The molecule has 0 amide bonds. The molecule has 0 fully saturated rings. The van der Waals surface area contributed by atoms with Gasteiger partial charge >= 0.3 is 0 Å². The fraction of sp³-hybridized carbons (Fsp3) is 0.111. The molecule has 0 spiro atoms. The van der Waals surface area contributed by atoms with Gasteiger partial charge < -0.3 is 0 Å². The fourth-order valence-electron chi connectivity index (χ4n) is 1.23. The van der Waals surface area contributed by atoms with Gasteiger partial charge in [-0.15, -0.1) is 23.1 Å².